The molecule has 2 N–H and O–H groups in total. The number of benzene rings is 1. The highest BCUT2D eigenvalue weighted by molar-refractivity contribution is 14.0. The molecule has 27 heavy (non-hydrogen) atoms. The SMILES string of the molecule is CCNC(=NCCn1cc(C)cn1)NC1CCN(c2ccccc2Br)C1.I. The minimum absolute atomic E-state index is 0. The highest BCUT2D eigenvalue weighted by atomic mass is 127. The van der Waals surface area contributed by atoms with Crippen molar-refractivity contribution in [2.45, 2.75) is 32.9 Å². The van der Waals surface area contributed by atoms with Crippen molar-refractivity contribution in [3.05, 3.63) is 46.7 Å². The molecule has 0 amide bonds. The lowest BCUT2D eigenvalue weighted by Gasteiger charge is -2.21. The summed E-state index contributed by atoms with van der Waals surface area (Å²) in [6.45, 7) is 8.52. The van der Waals surface area contributed by atoms with E-state index in [2.05, 4.69) is 74.7 Å². The molecule has 0 aliphatic carbocycles. The third kappa shape index (κ3) is 6.38. The number of hydrogen-bond donors (Lipinski definition) is 2. The quantitative estimate of drug-likeness (QED) is 0.331. The number of aryl methyl sites for hydroxylation is 1. The van der Waals surface area contributed by atoms with Gasteiger partial charge >= 0.3 is 0 Å². The molecule has 0 spiro atoms. The number of nitrogens with zero attached hydrogens (tertiary/aromatic N) is 4. The molecule has 1 aromatic heterocycles. The monoisotopic (exact) mass is 546 g/mol. The second kappa shape index (κ2) is 10.9. The van der Waals surface area contributed by atoms with Crippen LogP contribution in [0.15, 0.2) is 46.1 Å². The number of halogens is 2. The van der Waals surface area contributed by atoms with E-state index in [4.69, 9.17) is 4.99 Å². The van der Waals surface area contributed by atoms with E-state index in [1.54, 1.807) is 0 Å². The van der Waals surface area contributed by atoms with E-state index in [9.17, 15) is 0 Å². The smallest absolute Gasteiger partial charge is 0.191 e. The molecular formula is C19H28BrIN6. The second-order valence-electron chi connectivity index (χ2n) is 6.57. The van der Waals surface area contributed by atoms with Crippen molar-refractivity contribution in [2.24, 2.45) is 4.99 Å². The van der Waals surface area contributed by atoms with Crippen LogP contribution in [0.3, 0.4) is 0 Å². The molecular weight excluding hydrogens is 519 g/mol. The van der Waals surface area contributed by atoms with Gasteiger partial charge in [0.05, 0.1) is 25.0 Å². The summed E-state index contributed by atoms with van der Waals surface area (Å²) in [5.41, 5.74) is 2.44. The van der Waals surface area contributed by atoms with Crippen molar-refractivity contribution in [3.63, 3.8) is 0 Å². The van der Waals surface area contributed by atoms with Crippen LogP contribution in [0.25, 0.3) is 0 Å². The fourth-order valence-electron chi connectivity index (χ4n) is 3.17. The van der Waals surface area contributed by atoms with Crippen LogP contribution in [-0.4, -0.2) is 48.0 Å². The van der Waals surface area contributed by atoms with Gasteiger partial charge in [0, 0.05) is 36.3 Å². The first-order chi connectivity index (χ1) is 12.7. The third-order valence-corrected chi connectivity index (χ3v) is 5.10. The lowest BCUT2D eigenvalue weighted by molar-refractivity contribution is 0.613. The van der Waals surface area contributed by atoms with Crippen molar-refractivity contribution in [1.82, 2.24) is 20.4 Å². The number of anilines is 1. The van der Waals surface area contributed by atoms with Crippen molar-refractivity contribution >= 4 is 51.6 Å². The molecule has 6 nitrogen and oxygen atoms in total. The van der Waals surface area contributed by atoms with E-state index < -0.39 is 0 Å². The number of aliphatic imine (C=N–C) groups is 1. The highest BCUT2D eigenvalue weighted by Gasteiger charge is 2.24. The number of nitrogens with one attached hydrogen (secondary N) is 2. The molecule has 0 saturated carbocycles. The summed E-state index contributed by atoms with van der Waals surface area (Å²) in [4.78, 5) is 7.12. The molecule has 0 bridgehead atoms. The lowest BCUT2D eigenvalue weighted by atomic mass is 10.3. The zero-order chi connectivity index (χ0) is 18.4. The van der Waals surface area contributed by atoms with Gasteiger partial charge in [0.15, 0.2) is 5.96 Å². The highest BCUT2D eigenvalue weighted by Crippen LogP contribution is 2.28. The summed E-state index contributed by atoms with van der Waals surface area (Å²) in [5.74, 6) is 0.885. The fourth-order valence-corrected chi connectivity index (χ4v) is 3.71. The second-order valence-corrected chi connectivity index (χ2v) is 7.42. The first-order valence-corrected chi connectivity index (χ1v) is 9.98. The molecule has 1 atom stereocenters. The zero-order valence-electron chi connectivity index (χ0n) is 15.9. The summed E-state index contributed by atoms with van der Waals surface area (Å²) in [6, 6.07) is 8.79. The average molecular weight is 547 g/mol. The van der Waals surface area contributed by atoms with Crippen LogP contribution < -0.4 is 15.5 Å². The lowest BCUT2D eigenvalue weighted by Crippen LogP contribution is -2.44. The number of para-hydroxylation sites is 1. The Hall–Kier alpha value is -1.29. The molecule has 1 aromatic carbocycles. The predicted molar refractivity (Wildman–Crippen MR) is 126 cm³/mol. The molecule has 1 aliphatic heterocycles. The van der Waals surface area contributed by atoms with Gasteiger partial charge in [0.2, 0.25) is 0 Å². The molecule has 2 heterocycles. The third-order valence-electron chi connectivity index (χ3n) is 4.43. The van der Waals surface area contributed by atoms with Gasteiger partial charge in [-0.1, -0.05) is 12.1 Å². The van der Waals surface area contributed by atoms with E-state index >= 15 is 0 Å². The minimum atomic E-state index is 0. The number of aromatic nitrogens is 2. The Balaban J connectivity index is 0.00000261. The van der Waals surface area contributed by atoms with Crippen molar-refractivity contribution in [3.8, 4) is 0 Å². The van der Waals surface area contributed by atoms with Crippen LogP contribution in [0, 0.1) is 6.92 Å². The first kappa shape index (κ1) is 22.0. The summed E-state index contributed by atoms with van der Waals surface area (Å²) in [7, 11) is 0. The molecule has 1 saturated heterocycles. The zero-order valence-corrected chi connectivity index (χ0v) is 19.8. The molecule has 1 unspecified atom stereocenters. The molecule has 2 aromatic rings. The molecule has 1 aliphatic rings. The van der Waals surface area contributed by atoms with Gasteiger partial charge in [-0.2, -0.15) is 5.10 Å². The van der Waals surface area contributed by atoms with Gasteiger partial charge in [0.25, 0.3) is 0 Å². The van der Waals surface area contributed by atoms with Gasteiger partial charge < -0.3 is 15.5 Å². The molecule has 8 heteroatoms. The van der Waals surface area contributed by atoms with E-state index in [-0.39, 0.29) is 24.0 Å². The van der Waals surface area contributed by atoms with Crippen LogP contribution in [0.2, 0.25) is 0 Å². The standard InChI is InChI=1S/C19H27BrN6.HI/c1-3-21-19(22-9-11-26-13-15(2)12-23-26)24-16-8-10-25(14-16)18-7-5-4-6-17(18)20;/h4-7,12-13,16H,3,8-11,14H2,1-2H3,(H2,21,22,24);1H. The normalized spacial score (nSPS) is 16.9. The van der Waals surface area contributed by atoms with Crippen molar-refractivity contribution in [2.75, 3.05) is 31.1 Å². The van der Waals surface area contributed by atoms with Gasteiger partial charge in [0.1, 0.15) is 0 Å². The van der Waals surface area contributed by atoms with Gasteiger partial charge in [-0.05, 0) is 53.9 Å². The van der Waals surface area contributed by atoms with Crippen LogP contribution >= 0.6 is 39.9 Å². The minimum Gasteiger partial charge on any atom is -0.368 e. The first-order valence-electron chi connectivity index (χ1n) is 9.19. The molecule has 3 rings (SSSR count). The average Bonchev–Trinajstić information content (AvgIpc) is 3.25. The topological polar surface area (TPSA) is 57.5 Å². The van der Waals surface area contributed by atoms with Crippen LogP contribution in [0.4, 0.5) is 5.69 Å². The van der Waals surface area contributed by atoms with Crippen LogP contribution in [-0.2, 0) is 6.54 Å². The molecule has 1 fully saturated rings. The molecule has 148 valence electrons. The number of rotatable bonds is 6. The Morgan fingerprint density at radius 2 is 2.19 bits per heavy atom. The number of hydrogen-bond acceptors (Lipinski definition) is 3. The van der Waals surface area contributed by atoms with Crippen LogP contribution in [0.5, 0.6) is 0 Å². The van der Waals surface area contributed by atoms with E-state index in [0.717, 1.165) is 43.0 Å². The van der Waals surface area contributed by atoms with E-state index in [1.807, 2.05) is 17.1 Å². The summed E-state index contributed by atoms with van der Waals surface area (Å²) < 4.78 is 3.09. The van der Waals surface area contributed by atoms with Crippen LogP contribution in [0.1, 0.15) is 18.9 Å². The Kier molecular flexibility index (Phi) is 8.88. The van der Waals surface area contributed by atoms with Gasteiger partial charge in [-0.25, -0.2) is 0 Å². The maximum absolute atomic E-state index is 4.70. The van der Waals surface area contributed by atoms with Gasteiger partial charge in [-0.15, -0.1) is 24.0 Å². The molecule has 0 radical (unpaired) electrons. The summed E-state index contributed by atoms with van der Waals surface area (Å²) in [5, 5.41) is 11.2. The summed E-state index contributed by atoms with van der Waals surface area (Å²) in [6.07, 6.45) is 5.02. The maximum Gasteiger partial charge on any atom is 0.191 e. The van der Waals surface area contributed by atoms with Gasteiger partial charge in [-0.3, -0.25) is 9.67 Å². The van der Waals surface area contributed by atoms with Crippen molar-refractivity contribution in [1.29, 1.82) is 0 Å². The van der Waals surface area contributed by atoms with Crippen molar-refractivity contribution < 1.29 is 0 Å². The Labute approximate surface area is 187 Å². The van der Waals surface area contributed by atoms with E-state index in [1.165, 1.54) is 11.3 Å². The summed E-state index contributed by atoms with van der Waals surface area (Å²) >= 11 is 3.65. The number of guanidine groups is 1. The predicted octanol–water partition coefficient (Wildman–Crippen LogP) is 3.41. The largest absolute Gasteiger partial charge is 0.368 e. The fraction of sp³-hybridized carbons (Fsp3) is 0.474. The maximum atomic E-state index is 4.70. The Morgan fingerprint density at radius 1 is 1.37 bits per heavy atom. The Morgan fingerprint density at radius 3 is 2.89 bits per heavy atom. The van der Waals surface area contributed by atoms with E-state index in [0.29, 0.717) is 12.6 Å². The Bertz CT molecular complexity index is 747.